The molecule has 1 aliphatic rings. The number of anilines is 1. The Hall–Kier alpha value is -1.71. The lowest BCUT2D eigenvalue weighted by Gasteiger charge is -2.35. The molecule has 1 saturated heterocycles. The summed E-state index contributed by atoms with van der Waals surface area (Å²) < 4.78 is 5.27. The van der Waals surface area contributed by atoms with E-state index in [9.17, 15) is 4.79 Å². The fraction of sp³-hybridized carbons (Fsp3) is 0.533. The minimum atomic E-state index is 0.0163. The van der Waals surface area contributed by atoms with Crippen LogP contribution in [0.25, 0.3) is 0 Å². The predicted octanol–water partition coefficient (Wildman–Crippen LogP) is 2.40. The van der Waals surface area contributed by atoms with E-state index in [0.29, 0.717) is 28.8 Å². The Morgan fingerprint density at radius 3 is 2.53 bits per heavy atom. The number of hydrogen-bond donors (Lipinski definition) is 1. The monoisotopic (exact) mass is 262 g/mol. The molecule has 1 aromatic rings. The number of nitrogen functional groups attached to an aromatic ring is 1. The van der Waals surface area contributed by atoms with Gasteiger partial charge in [-0.25, -0.2) is 0 Å². The lowest BCUT2D eigenvalue weighted by molar-refractivity contribution is 0.0620. The van der Waals surface area contributed by atoms with Crippen molar-refractivity contribution in [1.29, 1.82) is 0 Å². The van der Waals surface area contributed by atoms with Crippen LogP contribution in [-0.2, 0) is 0 Å². The molecule has 0 radical (unpaired) electrons. The molecule has 0 saturated carbocycles. The van der Waals surface area contributed by atoms with Gasteiger partial charge in [-0.2, -0.15) is 0 Å². The number of para-hydroxylation sites is 1. The molecular weight excluding hydrogens is 240 g/mol. The molecule has 2 N–H and O–H groups in total. The molecule has 104 valence electrons. The molecule has 1 aromatic carbocycles. The predicted molar refractivity (Wildman–Crippen MR) is 76.3 cm³/mol. The molecule has 4 heteroatoms. The Morgan fingerprint density at radius 2 is 1.95 bits per heavy atom. The van der Waals surface area contributed by atoms with Crippen molar-refractivity contribution in [2.75, 3.05) is 25.9 Å². The maximum atomic E-state index is 12.6. The first-order valence-corrected chi connectivity index (χ1v) is 6.74. The molecule has 0 spiro atoms. The van der Waals surface area contributed by atoms with Crippen LogP contribution >= 0.6 is 0 Å². The van der Waals surface area contributed by atoms with E-state index < -0.39 is 0 Å². The second-order valence-corrected chi connectivity index (χ2v) is 5.58. The van der Waals surface area contributed by atoms with Gasteiger partial charge in [0.1, 0.15) is 0 Å². The third kappa shape index (κ3) is 2.83. The number of benzene rings is 1. The van der Waals surface area contributed by atoms with Gasteiger partial charge < -0.3 is 15.4 Å². The summed E-state index contributed by atoms with van der Waals surface area (Å²) in [5.74, 6) is 1.58. The van der Waals surface area contributed by atoms with E-state index >= 15 is 0 Å². The van der Waals surface area contributed by atoms with E-state index in [1.807, 2.05) is 4.90 Å². The number of likely N-dealkylation sites (tertiary alicyclic amines) is 1. The Morgan fingerprint density at radius 1 is 1.32 bits per heavy atom. The first kappa shape index (κ1) is 13.7. The molecule has 2 unspecified atom stereocenters. The normalized spacial score (nSPS) is 23.2. The van der Waals surface area contributed by atoms with Gasteiger partial charge in [-0.1, -0.05) is 19.9 Å². The molecular formula is C15H22N2O2. The van der Waals surface area contributed by atoms with Gasteiger partial charge in [0.05, 0.1) is 18.4 Å². The van der Waals surface area contributed by atoms with Crippen LogP contribution in [0.4, 0.5) is 5.69 Å². The highest BCUT2D eigenvalue weighted by Crippen LogP contribution is 2.29. The average molecular weight is 262 g/mol. The number of carbonyl (C=O) groups is 1. The van der Waals surface area contributed by atoms with Gasteiger partial charge in [-0.15, -0.1) is 0 Å². The molecule has 0 aromatic heterocycles. The second-order valence-electron chi connectivity index (χ2n) is 5.58. The van der Waals surface area contributed by atoms with Crippen LogP contribution in [0.5, 0.6) is 5.75 Å². The Labute approximate surface area is 114 Å². The van der Waals surface area contributed by atoms with Crippen molar-refractivity contribution in [3.63, 3.8) is 0 Å². The molecule has 0 aliphatic carbocycles. The van der Waals surface area contributed by atoms with E-state index in [-0.39, 0.29) is 5.91 Å². The minimum Gasteiger partial charge on any atom is -0.494 e. The van der Waals surface area contributed by atoms with Crippen molar-refractivity contribution in [2.45, 2.75) is 20.3 Å². The van der Waals surface area contributed by atoms with Crippen molar-refractivity contribution in [3.8, 4) is 5.75 Å². The van der Waals surface area contributed by atoms with Gasteiger partial charge in [0.25, 0.3) is 5.91 Å². The third-order valence-corrected chi connectivity index (χ3v) is 3.64. The summed E-state index contributed by atoms with van der Waals surface area (Å²) in [5.41, 5.74) is 6.92. The minimum absolute atomic E-state index is 0.0163. The standard InChI is InChI=1S/C15H22N2O2/c1-10-7-11(2)9-17(8-10)15(18)12-5-4-6-13(16)14(12)19-3/h4-6,10-11H,7-9,16H2,1-3H3. The van der Waals surface area contributed by atoms with E-state index in [1.54, 1.807) is 25.3 Å². The summed E-state index contributed by atoms with van der Waals surface area (Å²) in [6, 6.07) is 5.32. The Balaban J connectivity index is 2.26. The molecule has 4 nitrogen and oxygen atoms in total. The second kappa shape index (κ2) is 5.51. The van der Waals surface area contributed by atoms with E-state index in [2.05, 4.69) is 13.8 Å². The van der Waals surface area contributed by atoms with Gasteiger partial charge in [0.2, 0.25) is 0 Å². The Kier molecular flexibility index (Phi) is 3.98. The van der Waals surface area contributed by atoms with Crippen LogP contribution in [0.3, 0.4) is 0 Å². The number of nitrogens with zero attached hydrogens (tertiary/aromatic N) is 1. The molecule has 19 heavy (non-hydrogen) atoms. The maximum absolute atomic E-state index is 12.6. The molecule has 1 aliphatic heterocycles. The largest absolute Gasteiger partial charge is 0.494 e. The van der Waals surface area contributed by atoms with Gasteiger partial charge in [-0.05, 0) is 30.4 Å². The molecule has 1 amide bonds. The number of ether oxygens (including phenoxy) is 1. The van der Waals surface area contributed by atoms with Crippen LogP contribution < -0.4 is 10.5 Å². The van der Waals surface area contributed by atoms with Crippen LogP contribution in [0.2, 0.25) is 0 Å². The fourth-order valence-electron chi connectivity index (χ4n) is 2.95. The van der Waals surface area contributed by atoms with E-state index in [1.165, 1.54) is 6.42 Å². The van der Waals surface area contributed by atoms with Crippen LogP contribution in [-0.4, -0.2) is 31.0 Å². The number of hydrogen-bond acceptors (Lipinski definition) is 3. The first-order valence-electron chi connectivity index (χ1n) is 6.74. The summed E-state index contributed by atoms with van der Waals surface area (Å²) in [6.45, 7) is 5.99. The summed E-state index contributed by atoms with van der Waals surface area (Å²) in [5, 5.41) is 0. The van der Waals surface area contributed by atoms with E-state index in [0.717, 1.165) is 13.1 Å². The van der Waals surface area contributed by atoms with Crippen LogP contribution in [0, 0.1) is 11.8 Å². The highest BCUT2D eigenvalue weighted by Gasteiger charge is 2.28. The summed E-state index contributed by atoms with van der Waals surface area (Å²) in [6.07, 6.45) is 1.18. The summed E-state index contributed by atoms with van der Waals surface area (Å²) in [7, 11) is 1.55. The van der Waals surface area contributed by atoms with Crippen LogP contribution in [0.15, 0.2) is 18.2 Å². The van der Waals surface area contributed by atoms with Gasteiger partial charge >= 0.3 is 0 Å². The van der Waals surface area contributed by atoms with Crippen molar-refractivity contribution in [3.05, 3.63) is 23.8 Å². The van der Waals surface area contributed by atoms with E-state index in [4.69, 9.17) is 10.5 Å². The van der Waals surface area contributed by atoms with Gasteiger partial charge in [0, 0.05) is 13.1 Å². The number of methoxy groups -OCH3 is 1. The molecule has 1 heterocycles. The molecule has 2 rings (SSSR count). The number of nitrogens with two attached hydrogens (primary N) is 1. The number of rotatable bonds is 2. The maximum Gasteiger partial charge on any atom is 0.257 e. The zero-order chi connectivity index (χ0) is 14.0. The topological polar surface area (TPSA) is 55.6 Å². The van der Waals surface area contributed by atoms with Gasteiger partial charge in [0.15, 0.2) is 5.75 Å². The highest BCUT2D eigenvalue weighted by atomic mass is 16.5. The smallest absolute Gasteiger partial charge is 0.257 e. The summed E-state index contributed by atoms with van der Waals surface area (Å²) in [4.78, 5) is 14.5. The number of amides is 1. The van der Waals surface area contributed by atoms with Crippen molar-refractivity contribution >= 4 is 11.6 Å². The Bertz CT molecular complexity index is 463. The number of piperidine rings is 1. The quantitative estimate of drug-likeness (QED) is 0.833. The zero-order valence-corrected chi connectivity index (χ0v) is 11.8. The highest BCUT2D eigenvalue weighted by molar-refractivity contribution is 5.98. The zero-order valence-electron chi connectivity index (χ0n) is 11.8. The first-order chi connectivity index (χ1) is 9.02. The number of carbonyl (C=O) groups excluding carboxylic acids is 1. The van der Waals surface area contributed by atoms with Crippen LogP contribution in [0.1, 0.15) is 30.6 Å². The van der Waals surface area contributed by atoms with Gasteiger partial charge in [-0.3, -0.25) is 4.79 Å². The SMILES string of the molecule is COc1c(N)cccc1C(=O)N1CC(C)CC(C)C1. The lowest BCUT2D eigenvalue weighted by Crippen LogP contribution is -2.42. The van der Waals surface area contributed by atoms with Crippen molar-refractivity contribution in [1.82, 2.24) is 4.90 Å². The molecule has 1 fully saturated rings. The van der Waals surface area contributed by atoms with Crippen molar-refractivity contribution in [2.24, 2.45) is 11.8 Å². The average Bonchev–Trinajstić information content (AvgIpc) is 2.36. The summed E-state index contributed by atoms with van der Waals surface area (Å²) >= 11 is 0. The van der Waals surface area contributed by atoms with Crippen molar-refractivity contribution < 1.29 is 9.53 Å². The third-order valence-electron chi connectivity index (χ3n) is 3.64. The lowest BCUT2D eigenvalue weighted by atomic mass is 9.91. The fourth-order valence-corrected chi connectivity index (χ4v) is 2.95. The molecule has 2 atom stereocenters. The molecule has 0 bridgehead atoms.